The highest BCUT2D eigenvalue weighted by atomic mass is 16.3. The van der Waals surface area contributed by atoms with E-state index in [1.807, 2.05) is 36.2 Å². The van der Waals surface area contributed by atoms with Gasteiger partial charge in [0.25, 0.3) is 5.91 Å². The number of likely N-dealkylation sites (N-methyl/N-ethyl adjacent to an activating group) is 1. The van der Waals surface area contributed by atoms with Crippen molar-refractivity contribution in [3.8, 4) is 11.5 Å². The third-order valence-corrected chi connectivity index (χ3v) is 5.38. The van der Waals surface area contributed by atoms with Crippen LogP contribution in [0.15, 0.2) is 60.0 Å². The lowest BCUT2D eigenvalue weighted by Crippen LogP contribution is -2.36. The number of primary amides is 1. The molecule has 1 aliphatic rings. The van der Waals surface area contributed by atoms with Gasteiger partial charge in [-0.25, -0.2) is 15.0 Å². The van der Waals surface area contributed by atoms with Crippen molar-refractivity contribution in [1.29, 1.82) is 0 Å². The van der Waals surface area contributed by atoms with Crippen molar-refractivity contribution in [3.05, 3.63) is 61.3 Å². The largest absolute Gasteiger partial charge is 0.445 e. The summed E-state index contributed by atoms with van der Waals surface area (Å²) in [5, 5.41) is 3.12. The van der Waals surface area contributed by atoms with Crippen LogP contribution in [0.3, 0.4) is 0 Å². The van der Waals surface area contributed by atoms with Crippen LogP contribution < -0.4 is 16.0 Å². The summed E-state index contributed by atoms with van der Waals surface area (Å²) < 4.78 is 5.30. The standard InChI is InChI=1S/C22H23N7O3/c1-3-18(30)29-10-8-16(13-29)28(2)17-12-25-19(20(23)31)21(27-17)26-15-6-4-14(5-7-15)22-24-9-11-32-22/h3-7,9,11-12,16H,1,8,10,13H2,2H3,(H2,23,31)(H,26,27)/t16-/m1/s1. The lowest BCUT2D eigenvalue weighted by Gasteiger charge is -2.26. The molecule has 1 atom stereocenters. The molecule has 2 aromatic heterocycles. The fraction of sp³-hybridized carbons (Fsp3) is 0.227. The molecule has 0 bridgehead atoms. The number of carbonyl (C=O) groups is 2. The molecule has 2 amide bonds. The molecule has 0 unspecified atom stereocenters. The summed E-state index contributed by atoms with van der Waals surface area (Å²) in [4.78, 5) is 40.4. The zero-order valence-corrected chi connectivity index (χ0v) is 17.6. The molecule has 1 aliphatic heterocycles. The number of carbonyl (C=O) groups excluding carboxylic acids is 2. The summed E-state index contributed by atoms with van der Waals surface area (Å²) in [6.45, 7) is 4.75. The molecule has 1 aromatic carbocycles. The highest BCUT2D eigenvalue weighted by Gasteiger charge is 2.29. The number of hydrogen-bond acceptors (Lipinski definition) is 8. The van der Waals surface area contributed by atoms with E-state index in [1.54, 1.807) is 11.1 Å². The second-order valence-corrected chi connectivity index (χ2v) is 7.37. The van der Waals surface area contributed by atoms with Crippen LogP contribution in [0.5, 0.6) is 0 Å². The maximum absolute atomic E-state index is 11.9. The summed E-state index contributed by atoms with van der Waals surface area (Å²) in [7, 11) is 1.88. The van der Waals surface area contributed by atoms with Crippen molar-refractivity contribution in [2.24, 2.45) is 5.73 Å². The van der Waals surface area contributed by atoms with Crippen LogP contribution in [0.25, 0.3) is 11.5 Å². The average molecular weight is 433 g/mol. The number of nitrogens with two attached hydrogens (primary N) is 1. The topological polar surface area (TPSA) is 130 Å². The van der Waals surface area contributed by atoms with Gasteiger partial charge in [-0.15, -0.1) is 0 Å². The van der Waals surface area contributed by atoms with E-state index in [2.05, 4.69) is 26.8 Å². The van der Waals surface area contributed by atoms with Crippen LogP contribution in [0.4, 0.5) is 17.3 Å². The first-order valence-electron chi connectivity index (χ1n) is 10.0. The normalized spacial score (nSPS) is 15.4. The Labute approximate surface area is 184 Å². The molecular formula is C22H23N7O3. The van der Waals surface area contributed by atoms with E-state index in [0.717, 1.165) is 12.0 Å². The highest BCUT2D eigenvalue weighted by Crippen LogP contribution is 2.26. The molecule has 3 N–H and O–H groups in total. The van der Waals surface area contributed by atoms with Gasteiger partial charge in [-0.05, 0) is 36.8 Å². The van der Waals surface area contributed by atoms with Gasteiger partial charge in [0.1, 0.15) is 12.1 Å². The molecule has 164 valence electrons. The Hall–Kier alpha value is -4.21. The van der Waals surface area contributed by atoms with Crippen LogP contribution >= 0.6 is 0 Å². The third-order valence-electron chi connectivity index (χ3n) is 5.38. The fourth-order valence-electron chi connectivity index (χ4n) is 3.59. The smallest absolute Gasteiger partial charge is 0.271 e. The summed E-state index contributed by atoms with van der Waals surface area (Å²) in [5.41, 5.74) is 7.05. The summed E-state index contributed by atoms with van der Waals surface area (Å²) in [5.74, 6) is 0.550. The Balaban J connectivity index is 1.55. The Morgan fingerprint density at radius 2 is 2.09 bits per heavy atom. The maximum Gasteiger partial charge on any atom is 0.271 e. The Kier molecular flexibility index (Phi) is 5.84. The molecule has 10 nitrogen and oxygen atoms in total. The minimum atomic E-state index is -0.686. The molecule has 3 heterocycles. The Morgan fingerprint density at radius 3 is 2.75 bits per heavy atom. The SMILES string of the molecule is C=CC(=O)N1CC[C@@H](N(C)c2cnc(C(N)=O)c(Nc3ccc(-c4ncco4)cc3)n2)C1. The molecule has 0 spiro atoms. The van der Waals surface area contributed by atoms with Crippen molar-refractivity contribution in [2.75, 3.05) is 30.4 Å². The number of nitrogens with one attached hydrogen (secondary N) is 1. The zero-order chi connectivity index (χ0) is 22.7. The first-order chi connectivity index (χ1) is 15.5. The molecule has 3 aromatic rings. The number of oxazole rings is 1. The van der Waals surface area contributed by atoms with Crippen molar-refractivity contribution in [3.63, 3.8) is 0 Å². The van der Waals surface area contributed by atoms with E-state index in [9.17, 15) is 9.59 Å². The van der Waals surface area contributed by atoms with E-state index in [-0.39, 0.29) is 23.5 Å². The zero-order valence-electron chi connectivity index (χ0n) is 17.6. The number of nitrogens with zero attached hydrogens (tertiary/aromatic N) is 5. The van der Waals surface area contributed by atoms with Gasteiger partial charge in [-0.1, -0.05) is 6.58 Å². The van der Waals surface area contributed by atoms with Crippen LogP contribution in [-0.2, 0) is 4.79 Å². The summed E-state index contributed by atoms with van der Waals surface area (Å²) >= 11 is 0. The predicted molar refractivity (Wildman–Crippen MR) is 119 cm³/mol. The second-order valence-electron chi connectivity index (χ2n) is 7.37. The molecule has 0 aliphatic carbocycles. The number of aromatic nitrogens is 3. The van der Waals surface area contributed by atoms with Gasteiger partial charge in [0, 0.05) is 37.4 Å². The highest BCUT2D eigenvalue weighted by molar-refractivity contribution is 5.96. The summed E-state index contributed by atoms with van der Waals surface area (Å²) in [6, 6.07) is 7.38. The van der Waals surface area contributed by atoms with Crippen molar-refractivity contribution >= 4 is 29.1 Å². The Morgan fingerprint density at radius 1 is 1.31 bits per heavy atom. The van der Waals surface area contributed by atoms with Gasteiger partial charge in [-0.3, -0.25) is 9.59 Å². The second kappa shape index (κ2) is 8.88. The van der Waals surface area contributed by atoms with Crippen molar-refractivity contribution in [1.82, 2.24) is 19.9 Å². The van der Waals surface area contributed by atoms with E-state index < -0.39 is 5.91 Å². The lowest BCUT2D eigenvalue weighted by molar-refractivity contribution is -0.125. The van der Waals surface area contributed by atoms with E-state index in [1.165, 1.54) is 18.5 Å². The number of benzene rings is 1. The minimum absolute atomic E-state index is 0.0359. The molecule has 1 saturated heterocycles. The molecule has 1 fully saturated rings. The predicted octanol–water partition coefficient (Wildman–Crippen LogP) is 2.20. The number of anilines is 3. The van der Waals surface area contributed by atoms with Crippen molar-refractivity contribution in [2.45, 2.75) is 12.5 Å². The van der Waals surface area contributed by atoms with Gasteiger partial charge in [0.15, 0.2) is 11.5 Å². The van der Waals surface area contributed by atoms with Gasteiger partial charge >= 0.3 is 0 Å². The van der Waals surface area contributed by atoms with Crippen molar-refractivity contribution < 1.29 is 14.0 Å². The summed E-state index contributed by atoms with van der Waals surface area (Å²) in [6.07, 6.45) is 6.71. The van der Waals surface area contributed by atoms with E-state index in [4.69, 9.17) is 10.2 Å². The molecular weight excluding hydrogens is 410 g/mol. The monoisotopic (exact) mass is 433 g/mol. The molecule has 10 heteroatoms. The van der Waals surface area contributed by atoms with E-state index >= 15 is 0 Å². The molecule has 0 saturated carbocycles. The van der Waals surface area contributed by atoms with Crippen LogP contribution in [-0.4, -0.2) is 57.8 Å². The number of rotatable bonds is 7. The number of amides is 2. The number of hydrogen-bond donors (Lipinski definition) is 2. The molecule has 32 heavy (non-hydrogen) atoms. The first-order valence-corrected chi connectivity index (χ1v) is 10.0. The van der Waals surface area contributed by atoms with Gasteiger partial charge in [-0.2, -0.15) is 0 Å². The van der Waals surface area contributed by atoms with Gasteiger partial charge in [0.2, 0.25) is 11.8 Å². The third kappa shape index (κ3) is 4.29. The average Bonchev–Trinajstić information content (AvgIpc) is 3.51. The molecule has 0 radical (unpaired) electrons. The van der Waals surface area contributed by atoms with Gasteiger partial charge < -0.3 is 25.3 Å². The minimum Gasteiger partial charge on any atom is -0.445 e. The quantitative estimate of drug-likeness (QED) is 0.542. The van der Waals surface area contributed by atoms with Gasteiger partial charge in [0.05, 0.1) is 12.4 Å². The Bertz CT molecular complexity index is 1130. The molecule has 4 rings (SSSR count). The number of likely N-dealkylation sites (tertiary alicyclic amines) is 1. The fourth-order valence-corrected chi connectivity index (χ4v) is 3.59. The van der Waals surface area contributed by atoms with Crippen LogP contribution in [0.1, 0.15) is 16.9 Å². The van der Waals surface area contributed by atoms with Crippen LogP contribution in [0, 0.1) is 0 Å². The lowest BCUT2D eigenvalue weighted by atomic mass is 10.2. The van der Waals surface area contributed by atoms with Crippen LogP contribution in [0.2, 0.25) is 0 Å². The maximum atomic E-state index is 11.9. The first kappa shape index (κ1) is 21.0. The van der Waals surface area contributed by atoms with E-state index in [0.29, 0.717) is 30.5 Å².